The second-order valence-electron chi connectivity index (χ2n) is 6.68. The molecule has 0 nitrogen and oxygen atoms in total. The Morgan fingerprint density at radius 1 is 0.321 bits per heavy atom. The third-order valence-electron chi connectivity index (χ3n) is 4.76. The summed E-state index contributed by atoms with van der Waals surface area (Å²) in [6.07, 6.45) is 0. The molecule has 0 spiro atoms. The third-order valence-corrected chi connectivity index (χ3v) is 8.33. The van der Waals surface area contributed by atoms with Gasteiger partial charge in [-0.25, -0.2) is 0 Å². The topological polar surface area (TPSA) is 0 Å². The van der Waals surface area contributed by atoms with E-state index in [1.54, 1.807) is 0 Å². The first-order valence-corrected chi connectivity index (χ1v) is 12.1. The number of benzene rings is 4. The second-order valence-corrected chi connectivity index (χ2v) is 9.56. The van der Waals surface area contributed by atoms with Gasteiger partial charge in [-0.2, -0.15) is 0 Å². The molecule has 0 saturated heterocycles. The molecule has 0 radical (unpaired) electrons. The van der Waals surface area contributed by atoms with E-state index in [1.165, 1.54) is 38.0 Å². The monoisotopic (exact) mass is 396 g/mol. The van der Waals surface area contributed by atoms with Gasteiger partial charge in [-0.05, 0) is 22.3 Å². The van der Waals surface area contributed by atoms with Crippen LogP contribution in [0.4, 0.5) is 0 Å². The predicted octanol–water partition coefficient (Wildman–Crippen LogP) is 8.37. The fourth-order valence-electron chi connectivity index (χ4n) is 3.33. The average molecular weight is 396 g/mol. The summed E-state index contributed by atoms with van der Waals surface area (Å²) in [5.41, 5.74) is 6.26. The van der Waals surface area contributed by atoms with Crippen molar-refractivity contribution in [3.63, 3.8) is 0 Å². The Morgan fingerprint density at radius 3 is 0.750 bits per heavy atom. The first-order chi connectivity index (χ1) is 13.9. The van der Waals surface area contributed by atoms with Gasteiger partial charge >= 0.3 is 0 Å². The maximum absolute atomic E-state index is 2.25. The van der Waals surface area contributed by atoms with E-state index < -0.39 is 0 Å². The standard InChI is InChI=1S/C26H22P2/c1-5-13-21(14-6-1)25(22-15-7-2-8-16-22)27-28-26(23-17-9-3-10-18-23)24-19-11-4-12-20-24/h1-20,25-26H. The lowest BCUT2D eigenvalue weighted by atomic mass is 10.0. The van der Waals surface area contributed by atoms with Crippen molar-refractivity contribution in [1.29, 1.82) is 0 Å². The normalized spacial score (nSPS) is 11.4. The highest BCUT2D eigenvalue weighted by molar-refractivity contribution is 7.84. The molecule has 0 fully saturated rings. The fourth-order valence-corrected chi connectivity index (χ4v) is 7.21. The Morgan fingerprint density at radius 2 is 0.536 bits per heavy atom. The van der Waals surface area contributed by atoms with E-state index in [0.717, 1.165) is 0 Å². The van der Waals surface area contributed by atoms with E-state index in [1.807, 2.05) is 0 Å². The summed E-state index contributed by atoms with van der Waals surface area (Å²) in [7, 11) is 2.78. The zero-order valence-corrected chi connectivity index (χ0v) is 17.4. The zero-order valence-electron chi connectivity index (χ0n) is 15.6. The summed E-state index contributed by atoms with van der Waals surface area (Å²) >= 11 is 0. The van der Waals surface area contributed by atoms with Crippen LogP contribution >= 0.6 is 15.7 Å². The Labute approximate surface area is 170 Å². The van der Waals surface area contributed by atoms with Crippen molar-refractivity contribution in [2.24, 2.45) is 0 Å². The summed E-state index contributed by atoms with van der Waals surface area (Å²) in [6, 6.07) is 43.5. The molecule has 0 atom stereocenters. The van der Waals surface area contributed by atoms with Crippen LogP contribution in [0.5, 0.6) is 0 Å². The van der Waals surface area contributed by atoms with Gasteiger partial charge in [-0.3, -0.25) is 0 Å². The smallest absolute Gasteiger partial charge is 0.0548 e. The van der Waals surface area contributed by atoms with Crippen molar-refractivity contribution in [2.45, 2.75) is 11.3 Å². The molecule has 28 heavy (non-hydrogen) atoms. The van der Waals surface area contributed by atoms with Gasteiger partial charge in [0.05, 0.1) is 11.3 Å². The van der Waals surface area contributed by atoms with E-state index in [9.17, 15) is 0 Å². The molecule has 0 heterocycles. The Kier molecular flexibility index (Phi) is 6.46. The Balaban J connectivity index is 1.75. The molecule has 0 amide bonds. The highest BCUT2D eigenvalue weighted by Crippen LogP contribution is 2.48. The molecule has 0 aliphatic heterocycles. The van der Waals surface area contributed by atoms with E-state index in [-0.39, 0.29) is 0 Å². The van der Waals surface area contributed by atoms with Crippen molar-refractivity contribution in [2.75, 3.05) is 0 Å². The van der Waals surface area contributed by atoms with Gasteiger partial charge in [0.2, 0.25) is 0 Å². The molecule has 2 heteroatoms. The number of hydrogen-bond acceptors (Lipinski definition) is 0. The molecule has 136 valence electrons. The molecule has 0 N–H and O–H groups in total. The Hall–Kier alpha value is -2.52. The fraction of sp³-hybridized carbons (Fsp3) is 0.0769. The highest BCUT2D eigenvalue weighted by atomic mass is 31.7. The molecular weight excluding hydrogens is 374 g/mol. The molecule has 0 bridgehead atoms. The Bertz CT molecular complexity index is 833. The van der Waals surface area contributed by atoms with Crippen LogP contribution in [0, 0.1) is 0 Å². The molecule has 0 aliphatic carbocycles. The predicted molar refractivity (Wildman–Crippen MR) is 123 cm³/mol. The van der Waals surface area contributed by atoms with E-state index >= 15 is 0 Å². The minimum atomic E-state index is 0.374. The first kappa shape index (κ1) is 18.8. The number of rotatable bonds is 6. The van der Waals surface area contributed by atoms with Crippen molar-refractivity contribution in [3.8, 4) is 0 Å². The molecule has 4 rings (SSSR count). The van der Waals surface area contributed by atoms with Crippen molar-refractivity contribution in [3.05, 3.63) is 144 Å². The summed E-state index contributed by atoms with van der Waals surface area (Å²) in [4.78, 5) is 0. The summed E-state index contributed by atoms with van der Waals surface area (Å²) in [5, 5.41) is 0. The van der Waals surface area contributed by atoms with Gasteiger partial charge in [0, 0.05) is 0 Å². The minimum absolute atomic E-state index is 0.374. The van der Waals surface area contributed by atoms with Crippen LogP contribution in [-0.2, 0) is 0 Å². The molecular formula is C26H22P2. The number of hydrogen-bond donors (Lipinski definition) is 0. The molecule has 0 aliphatic rings. The molecule has 4 aromatic rings. The maximum atomic E-state index is 2.25. The van der Waals surface area contributed by atoms with Crippen LogP contribution in [0.15, 0.2) is 121 Å². The van der Waals surface area contributed by atoms with Crippen molar-refractivity contribution in [1.82, 2.24) is 0 Å². The van der Waals surface area contributed by atoms with Crippen molar-refractivity contribution < 1.29 is 0 Å². The van der Waals surface area contributed by atoms with Crippen LogP contribution in [0.25, 0.3) is 0 Å². The van der Waals surface area contributed by atoms with Crippen molar-refractivity contribution >= 4 is 15.7 Å². The maximum Gasteiger partial charge on any atom is 0.0548 e. The van der Waals surface area contributed by atoms with E-state index in [0.29, 0.717) is 11.3 Å². The molecule has 0 aromatic heterocycles. The van der Waals surface area contributed by atoms with Gasteiger partial charge in [0.15, 0.2) is 0 Å². The summed E-state index contributed by atoms with van der Waals surface area (Å²) in [5.74, 6) is 0. The van der Waals surface area contributed by atoms with E-state index in [2.05, 4.69) is 121 Å². The van der Waals surface area contributed by atoms with Crippen LogP contribution in [0.1, 0.15) is 33.6 Å². The quantitative estimate of drug-likeness (QED) is 0.287. The molecule has 0 unspecified atom stereocenters. The van der Waals surface area contributed by atoms with Crippen LogP contribution < -0.4 is 0 Å². The largest absolute Gasteiger partial charge is 0.0622 e. The lowest BCUT2D eigenvalue weighted by Crippen LogP contribution is -1.94. The lowest BCUT2D eigenvalue weighted by molar-refractivity contribution is 1.15. The van der Waals surface area contributed by atoms with Gasteiger partial charge in [-0.15, -0.1) is 0 Å². The summed E-state index contributed by atoms with van der Waals surface area (Å²) in [6.45, 7) is 0. The summed E-state index contributed by atoms with van der Waals surface area (Å²) < 4.78 is 0. The third kappa shape index (κ3) is 4.66. The average Bonchev–Trinajstić information content (AvgIpc) is 2.79. The first-order valence-electron chi connectivity index (χ1n) is 9.51. The van der Waals surface area contributed by atoms with Gasteiger partial charge in [-0.1, -0.05) is 137 Å². The lowest BCUT2D eigenvalue weighted by Gasteiger charge is -2.16. The van der Waals surface area contributed by atoms with Gasteiger partial charge in [0.1, 0.15) is 0 Å². The van der Waals surface area contributed by atoms with Crippen LogP contribution in [-0.4, -0.2) is 0 Å². The highest BCUT2D eigenvalue weighted by Gasteiger charge is 2.15. The van der Waals surface area contributed by atoms with Gasteiger partial charge in [0.25, 0.3) is 0 Å². The minimum Gasteiger partial charge on any atom is -0.0622 e. The second kappa shape index (κ2) is 9.61. The molecule has 4 aromatic carbocycles. The van der Waals surface area contributed by atoms with Crippen LogP contribution in [0.2, 0.25) is 0 Å². The zero-order chi connectivity index (χ0) is 19.0. The van der Waals surface area contributed by atoms with Crippen LogP contribution in [0.3, 0.4) is 0 Å². The molecule has 0 saturated carbocycles. The van der Waals surface area contributed by atoms with E-state index in [4.69, 9.17) is 0 Å². The SMILES string of the molecule is c1ccc(C(P=PC(c2ccccc2)c2ccccc2)c2ccccc2)cc1. The van der Waals surface area contributed by atoms with Gasteiger partial charge < -0.3 is 0 Å².